The van der Waals surface area contributed by atoms with E-state index in [0.29, 0.717) is 18.7 Å². The van der Waals surface area contributed by atoms with E-state index >= 15 is 0 Å². The molecule has 0 fully saturated rings. The molecule has 0 spiro atoms. The minimum absolute atomic E-state index is 0.306. The molecule has 2 N–H and O–H groups in total. The van der Waals surface area contributed by atoms with Gasteiger partial charge in [-0.25, -0.2) is 4.79 Å². The van der Waals surface area contributed by atoms with Gasteiger partial charge in [-0.3, -0.25) is 0 Å². The molecule has 2 aromatic rings. The summed E-state index contributed by atoms with van der Waals surface area (Å²) in [4.78, 5) is 13.8. The van der Waals surface area contributed by atoms with Crippen LogP contribution in [0.4, 0.5) is 29.3 Å². The number of carbonyl (C=O) groups is 1. The number of anilines is 2. The van der Waals surface area contributed by atoms with Crippen LogP contribution in [0.3, 0.4) is 0 Å². The lowest BCUT2D eigenvalue weighted by Gasteiger charge is -2.13. The number of nitrogens with zero attached hydrogens (tertiary/aromatic N) is 1. The zero-order valence-electron chi connectivity index (χ0n) is 14.0. The second-order valence-electron chi connectivity index (χ2n) is 5.77. The van der Waals surface area contributed by atoms with E-state index in [4.69, 9.17) is 0 Å². The SMILES string of the molecule is CN(C)c1ccc(CCNC(=O)Nc2ccc(C(F)(F)F)cc2)cc1. The van der Waals surface area contributed by atoms with E-state index in [9.17, 15) is 18.0 Å². The maximum absolute atomic E-state index is 12.5. The minimum Gasteiger partial charge on any atom is -0.378 e. The van der Waals surface area contributed by atoms with Gasteiger partial charge in [0, 0.05) is 32.0 Å². The highest BCUT2D eigenvalue weighted by Gasteiger charge is 2.29. The molecule has 0 heterocycles. The standard InChI is InChI=1S/C18H20F3N3O/c1-24(2)16-9-3-13(4-10-16)11-12-22-17(25)23-15-7-5-14(6-8-15)18(19,20)21/h3-10H,11-12H2,1-2H3,(H2,22,23,25). The van der Waals surface area contributed by atoms with Crippen molar-refractivity contribution in [2.24, 2.45) is 0 Å². The third-order valence-electron chi connectivity index (χ3n) is 3.62. The van der Waals surface area contributed by atoms with Crippen molar-refractivity contribution in [1.29, 1.82) is 0 Å². The molecule has 0 unspecified atom stereocenters. The lowest BCUT2D eigenvalue weighted by atomic mass is 10.1. The molecule has 0 aliphatic heterocycles. The van der Waals surface area contributed by atoms with Crippen LogP contribution in [0.2, 0.25) is 0 Å². The molecule has 2 aromatic carbocycles. The number of nitrogens with one attached hydrogen (secondary N) is 2. The van der Waals surface area contributed by atoms with E-state index in [1.165, 1.54) is 12.1 Å². The molecular formula is C18H20F3N3O. The summed E-state index contributed by atoms with van der Waals surface area (Å²) in [5, 5.41) is 5.19. The predicted octanol–water partition coefficient (Wildman–Crippen LogP) is 4.14. The Morgan fingerprint density at radius 2 is 1.60 bits per heavy atom. The van der Waals surface area contributed by atoms with Gasteiger partial charge in [0.05, 0.1) is 5.56 Å². The van der Waals surface area contributed by atoms with E-state index in [1.54, 1.807) is 0 Å². The third-order valence-corrected chi connectivity index (χ3v) is 3.62. The number of alkyl halides is 3. The highest BCUT2D eigenvalue weighted by atomic mass is 19.4. The Morgan fingerprint density at radius 3 is 2.12 bits per heavy atom. The van der Waals surface area contributed by atoms with Crippen LogP contribution < -0.4 is 15.5 Å². The first kappa shape index (κ1) is 18.6. The molecule has 134 valence electrons. The number of hydrogen-bond donors (Lipinski definition) is 2. The van der Waals surface area contributed by atoms with E-state index in [0.717, 1.165) is 23.4 Å². The summed E-state index contributed by atoms with van der Waals surface area (Å²) in [6, 6.07) is 11.8. The molecule has 7 heteroatoms. The smallest absolute Gasteiger partial charge is 0.378 e. The Morgan fingerprint density at radius 1 is 1.00 bits per heavy atom. The first-order valence-corrected chi connectivity index (χ1v) is 7.74. The van der Waals surface area contributed by atoms with Gasteiger partial charge in [-0.15, -0.1) is 0 Å². The summed E-state index contributed by atoms with van der Waals surface area (Å²) in [5.74, 6) is 0. The number of urea groups is 1. The van der Waals surface area contributed by atoms with Gasteiger partial charge in [-0.05, 0) is 48.4 Å². The Bertz CT molecular complexity index is 695. The third kappa shape index (κ3) is 5.70. The quantitative estimate of drug-likeness (QED) is 0.850. The van der Waals surface area contributed by atoms with Gasteiger partial charge < -0.3 is 15.5 Å². The summed E-state index contributed by atoms with van der Waals surface area (Å²) >= 11 is 0. The monoisotopic (exact) mass is 351 g/mol. The van der Waals surface area contributed by atoms with Gasteiger partial charge in [-0.1, -0.05) is 12.1 Å². The largest absolute Gasteiger partial charge is 0.416 e. The van der Waals surface area contributed by atoms with Crippen LogP contribution in [-0.2, 0) is 12.6 Å². The van der Waals surface area contributed by atoms with E-state index in [1.807, 2.05) is 43.3 Å². The van der Waals surface area contributed by atoms with Gasteiger partial charge >= 0.3 is 12.2 Å². The molecule has 0 atom stereocenters. The molecule has 0 aromatic heterocycles. The zero-order chi connectivity index (χ0) is 18.4. The van der Waals surface area contributed by atoms with Gasteiger partial charge in [0.2, 0.25) is 0 Å². The molecular weight excluding hydrogens is 331 g/mol. The molecule has 0 radical (unpaired) electrons. The van der Waals surface area contributed by atoms with Gasteiger partial charge in [0.15, 0.2) is 0 Å². The summed E-state index contributed by atoms with van der Waals surface area (Å²) in [6.07, 6.45) is -3.73. The van der Waals surface area contributed by atoms with Crippen LogP contribution in [0, 0.1) is 0 Å². The average Bonchev–Trinajstić information content (AvgIpc) is 2.55. The highest BCUT2D eigenvalue weighted by molar-refractivity contribution is 5.89. The Hall–Kier alpha value is -2.70. The normalized spacial score (nSPS) is 11.1. The van der Waals surface area contributed by atoms with Crippen molar-refractivity contribution in [2.45, 2.75) is 12.6 Å². The number of rotatable bonds is 5. The van der Waals surface area contributed by atoms with Crippen LogP contribution >= 0.6 is 0 Å². The topological polar surface area (TPSA) is 44.4 Å². The first-order valence-electron chi connectivity index (χ1n) is 7.74. The molecule has 0 saturated heterocycles. The molecule has 2 rings (SSSR count). The lowest BCUT2D eigenvalue weighted by molar-refractivity contribution is -0.137. The van der Waals surface area contributed by atoms with Gasteiger partial charge in [0.25, 0.3) is 0 Å². The molecule has 25 heavy (non-hydrogen) atoms. The van der Waals surface area contributed by atoms with Crippen LogP contribution in [0.25, 0.3) is 0 Å². The molecule has 0 aliphatic carbocycles. The zero-order valence-corrected chi connectivity index (χ0v) is 14.0. The average molecular weight is 351 g/mol. The summed E-state index contributed by atoms with van der Waals surface area (Å²) in [5.41, 5.74) is 1.73. The highest BCUT2D eigenvalue weighted by Crippen LogP contribution is 2.29. The fraction of sp³-hybridized carbons (Fsp3) is 0.278. The number of benzene rings is 2. The summed E-state index contributed by atoms with van der Waals surface area (Å²) < 4.78 is 37.4. The fourth-order valence-corrected chi connectivity index (χ4v) is 2.20. The van der Waals surface area contributed by atoms with Crippen molar-refractivity contribution in [2.75, 3.05) is 30.9 Å². The fourth-order valence-electron chi connectivity index (χ4n) is 2.20. The second kappa shape index (κ2) is 7.92. The van der Waals surface area contributed by atoms with Crippen molar-refractivity contribution < 1.29 is 18.0 Å². The molecule has 0 aliphatic rings. The lowest BCUT2D eigenvalue weighted by Crippen LogP contribution is -2.30. The number of hydrogen-bond acceptors (Lipinski definition) is 2. The number of halogens is 3. The molecule has 0 saturated carbocycles. The Labute approximate surface area is 144 Å². The maximum Gasteiger partial charge on any atom is 0.416 e. The maximum atomic E-state index is 12.5. The minimum atomic E-state index is -4.39. The molecule has 4 nitrogen and oxygen atoms in total. The van der Waals surface area contributed by atoms with Crippen LogP contribution in [-0.4, -0.2) is 26.7 Å². The Kier molecular flexibility index (Phi) is 5.90. The van der Waals surface area contributed by atoms with E-state index in [2.05, 4.69) is 10.6 Å². The number of carbonyl (C=O) groups excluding carboxylic acids is 1. The summed E-state index contributed by atoms with van der Waals surface area (Å²) in [7, 11) is 3.92. The van der Waals surface area contributed by atoms with E-state index in [-0.39, 0.29) is 0 Å². The second-order valence-corrected chi connectivity index (χ2v) is 5.77. The van der Waals surface area contributed by atoms with Crippen molar-refractivity contribution in [3.05, 3.63) is 59.7 Å². The summed E-state index contributed by atoms with van der Waals surface area (Å²) in [6.45, 7) is 0.424. The van der Waals surface area contributed by atoms with Crippen LogP contribution in [0.5, 0.6) is 0 Å². The first-order chi connectivity index (χ1) is 11.8. The van der Waals surface area contributed by atoms with Crippen LogP contribution in [0.1, 0.15) is 11.1 Å². The Balaban J connectivity index is 1.78. The van der Waals surface area contributed by atoms with Gasteiger partial charge in [-0.2, -0.15) is 13.2 Å². The van der Waals surface area contributed by atoms with Crippen molar-refractivity contribution in [1.82, 2.24) is 5.32 Å². The van der Waals surface area contributed by atoms with E-state index < -0.39 is 17.8 Å². The van der Waals surface area contributed by atoms with Gasteiger partial charge in [0.1, 0.15) is 0 Å². The predicted molar refractivity (Wildman–Crippen MR) is 92.9 cm³/mol. The molecule has 2 amide bonds. The number of amides is 2. The van der Waals surface area contributed by atoms with Crippen molar-refractivity contribution >= 4 is 17.4 Å². The van der Waals surface area contributed by atoms with Crippen molar-refractivity contribution in [3.63, 3.8) is 0 Å². The van der Waals surface area contributed by atoms with Crippen LogP contribution in [0.15, 0.2) is 48.5 Å². The molecule has 0 bridgehead atoms. The van der Waals surface area contributed by atoms with Crippen molar-refractivity contribution in [3.8, 4) is 0 Å².